The molecule has 2 aromatic heterocycles. The third kappa shape index (κ3) is 4.29. The summed E-state index contributed by atoms with van der Waals surface area (Å²) in [6.45, 7) is 5.01. The maximum absolute atomic E-state index is 13.7. The number of aromatic nitrogens is 6. The van der Waals surface area contributed by atoms with Crippen LogP contribution in [0.25, 0.3) is 11.4 Å². The Kier molecular flexibility index (Phi) is 6.30. The van der Waals surface area contributed by atoms with Crippen LogP contribution in [0.2, 0.25) is 0 Å². The summed E-state index contributed by atoms with van der Waals surface area (Å²) in [6, 6.07) is 8.63. The number of aromatic amines is 1. The fraction of sp³-hybridized carbons (Fsp3) is 0.500. The second-order valence-electron chi connectivity index (χ2n) is 9.69. The zero-order chi connectivity index (χ0) is 23.5. The molecule has 1 N–H and O–H groups in total. The Balaban J connectivity index is 1.53. The number of rotatable bonds is 10. The number of aliphatic imine (C=N–C) groups is 1. The zero-order valence-corrected chi connectivity index (χ0v) is 20.0. The molecule has 1 fully saturated rings. The SMILES string of the molecule is CCCCc1cn(C2CC2CCC)c(=O)n1CC1(c2cccc(-c3nnn[nH]3)c2)C=CN=CC1. The number of nitrogens with zero attached hydrogens (tertiary/aromatic N) is 6. The van der Waals surface area contributed by atoms with Crippen molar-refractivity contribution in [3.05, 3.63) is 64.5 Å². The topological polar surface area (TPSA) is 93.7 Å². The van der Waals surface area contributed by atoms with Crippen LogP contribution in [-0.4, -0.2) is 36.0 Å². The van der Waals surface area contributed by atoms with Crippen molar-refractivity contribution >= 4 is 6.21 Å². The van der Waals surface area contributed by atoms with Gasteiger partial charge in [0.25, 0.3) is 0 Å². The van der Waals surface area contributed by atoms with E-state index in [0.29, 0.717) is 24.3 Å². The highest BCUT2D eigenvalue weighted by Crippen LogP contribution is 2.46. The van der Waals surface area contributed by atoms with Gasteiger partial charge in [0.05, 0.1) is 0 Å². The summed E-state index contributed by atoms with van der Waals surface area (Å²) in [5.41, 5.74) is 2.95. The first-order chi connectivity index (χ1) is 16.6. The summed E-state index contributed by atoms with van der Waals surface area (Å²) >= 11 is 0. The third-order valence-corrected chi connectivity index (χ3v) is 7.31. The minimum atomic E-state index is -0.367. The first-order valence-electron chi connectivity index (χ1n) is 12.5. The van der Waals surface area contributed by atoms with Crippen LogP contribution < -0.4 is 5.69 Å². The summed E-state index contributed by atoms with van der Waals surface area (Å²) in [5.74, 6) is 1.27. The highest BCUT2D eigenvalue weighted by atomic mass is 16.1. The fourth-order valence-corrected chi connectivity index (χ4v) is 5.26. The van der Waals surface area contributed by atoms with Gasteiger partial charge in [-0.2, -0.15) is 0 Å². The van der Waals surface area contributed by atoms with Gasteiger partial charge in [0.2, 0.25) is 0 Å². The third-order valence-electron chi connectivity index (χ3n) is 7.31. The number of benzene rings is 1. The Morgan fingerprint density at radius 1 is 1.24 bits per heavy atom. The van der Waals surface area contributed by atoms with Crippen LogP contribution >= 0.6 is 0 Å². The lowest BCUT2D eigenvalue weighted by Crippen LogP contribution is -2.37. The van der Waals surface area contributed by atoms with E-state index in [2.05, 4.69) is 63.9 Å². The van der Waals surface area contributed by atoms with E-state index >= 15 is 0 Å². The lowest BCUT2D eigenvalue weighted by molar-refractivity contribution is 0.434. The Morgan fingerprint density at radius 2 is 2.15 bits per heavy atom. The molecule has 0 radical (unpaired) electrons. The van der Waals surface area contributed by atoms with E-state index in [4.69, 9.17) is 0 Å². The predicted octanol–water partition coefficient (Wildman–Crippen LogP) is 4.46. The van der Waals surface area contributed by atoms with Crippen molar-refractivity contribution in [2.24, 2.45) is 10.9 Å². The second kappa shape index (κ2) is 9.52. The molecule has 2 aliphatic rings. The van der Waals surface area contributed by atoms with Gasteiger partial charge in [0, 0.05) is 47.9 Å². The molecule has 5 rings (SSSR count). The number of unbranched alkanes of at least 4 members (excludes halogenated alkanes) is 1. The van der Waals surface area contributed by atoms with Crippen molar-refractivity contribution in [1.29, 1.82) is 0 Å². The molecular weight excluding hydrogens is 426 g/mol. The summed E-state index contributed by atoms with van der Waals surface area (Å²) in [6.07, 6.45) is 15.4. The molecule has 3 heterocycles. The summed E-state index contributed by atoms with van der Waals surface area (Å²) in [7, 11) is 0. The average molecular weight is 460 g/mol. The van der Waals surface area contributed by atoms with Gasteiger partial charge in [-0.1, -0.05) is 51.0 Å². The molecule has 3 aromatic rings. The Hall–Kier alpha value is -3.29. The van der Waals surface area contributed by atoms with E-state index in [0.717, 1.165) is 48.9 Å². The normalized spacial score (nSPS) is 23.5. The monoisotopic (exact) mass is 459 g/mol. The number of imidazole rings is 1. The molecule has 8 nitrogen and oxygen atoms in total. The summed E-state index contributed by atoms with van der Waals surface area (Å²) < 4.78 is 4.05. The summed E-state index contributed by atoms with van der Waals surface area (Å²) in [4.78, 5) is 18.1. The molecule has 3 atom stereocenters. The molecule has 1 aliphatic heterocycles. The highest BCUT2D eigenvalue weighted by Gasteiger charge is 2.40. The van der Waals surface area contributed by atoms with Crippen LogP contribution in [0.3, 0.4) is 0 Å². The van der Waals surface area contributed by atoms with Crippen molar-refractivity contribution in [2.75, 3.05) is 0 Å². The van der Waals surface area contributed by atoms with Gasteiger partial charge in [0.15, 0.2) is 5.82 Å². The molecule has 0 bridgehead atoms. The maximum Gasteiger partial charge on any atom is 0.328 e. The molecule has 178 valence electrons. The van der Waals surface area contributed by atoms with Crippen molar-refractivity contribution < 1.29 is 0 Å². The molecule has 3 unspecified atom stereocenters. The van der Waals surface area contributed by atoms with Crippen LogP contribution in [0.5, 0.6) is 0 Å². The molecule has 0 saturated heterocycles. The minimum Gasteiger partial charge on any atom is -0.296 e. The lowest BCUT2D eigenvalue weighted by atomic mass is 9.76. The number of H-pyrrole nitrogens is 1. The van der Waals surface area contributed by atoms with Crippen molar-refractivity contribution in [3.63, 3.8) is 0 Å². The first-order valence-corrected chi connectivity index (χ1v) is 12.5. The largest absolute Gasteiger partial charge is 0.328 e. The fourth-order valence-electron chi connectivity index (χ4n) is 5.26. The van der Waals surface area contributed by atoms with Gasteiger partial charge in [-0.15, -0.1) is 5.10 Å². The number of hydrogen-bond acceptors (Lipinski definition) is 5. The molecule has 8 heteroatoms. The van der Waals surface area contributed by atoms with E-state index in [-0.39, 0.29) is 11.1 Å². The van der Waals surface area contributed by atoms with Gasteiger partial charge < -0.3 is 0 Å². The molecule has 0 spiro atoms. The van der Waals surface area contributed by atoms with E-state index < -0.39 is 0 Å². The van der Waals surface area contributed by atoms with Gasteiger partial charge in [-0.05, 0) is 60.1 Å². The average Bonchev–Trinajstić information content (AvgIpc) is 3.27. The first kappa shape index (κ1) is 22.5. The van der Waals surface area contributed by atoms with Gasteiger partial charge in [-0.3, -0.25) is 14.1 Å². The minimum absolute atomic E-state index is 0.126. The molecule has 1 aromatic carbocycles. The van der Waals surface area contributed by atoms with Crippen LogP contribution in [0.4, 0.5) is 0 Å². The zero-order valence-electron chi connectivity index (χ0n) is 20.0. The molecule has 1 saturated carbocycles. The number of allylic oxidation sites excluding steroid dienone is 1. The van der Waals surface area contributed by atoms with Crippen LogP contribution in [-0.2, 0) is 18.4 Å². The van der Waals surface area contributed by atoms with Crippen LogP contribution in [0, 0.1) is 5.92 Å². The Bertz CT molecular complexity index is 1240. The quantitative estimate of drug-likeness (QED) is 0.484. The number of nitrogens with one attached hydrogen (secondary N) is 1. The standard InChI is InChI=1S/C26H33N7O/c1-3-5-10-22-17-32(23-16-19(23)7-4-2)25(34)33(22)18-26(11-13-27-14-12-26)21-9-6-8-20(15-21)24-28-30-31-29-24/h6,8-9,11,13-15,17,19,23H,3-5,7,10,12,16,18H2,1-2H3,(H,28,29,30,31). The maximum atomic E-state index is 13.7. The molecule has 0 amide bonds. The van der Waals surface area contributed by atoms with E-state index in [1.165, 1.54) is 12.8 Å². The van der Waals surface area contributed by atoms with Crippen LogP contribution in [0.15, 0.2) is 52.5 Å². The van der Waals surface area contributed by atoms with Crippen molar-refractivity contribution in [3.8, 4) is 11.4 Å². The number of tetrazole rings is 1. The summed E-state index contributed by atoms with van der Waals surface area (Å²) in [5, 5.41) is 14.4. The molecule has 34 heavy (non-hydrogen) atoms. The van der Waals surface area contributed by atoms with Gasteiger partial charge >= 0.3 is 5.69 Å². The van der Waals surface area contributed by atoms with Crippen molar-refractivity contribution in [1.82, 2.24) is 29.8 Å². The Morgan fingerprint density at radius 3 is 2.88 bits per heavy atom. The molecule has 1 aliphatic carbocycles. The van der Waals surface area contributed by atoms with Gasteiger partial charge in [-0.25, -0.2) is 9.89 Å². The highest BCUT2D eigenvalue weighted by molar-refractivity contribution is 5.65. The van der Waals surface area contributed by atoms with Gasteiger partial charge in [0.1, 0.15) is 0 Å². The smallest absolute Gasteiger partial charge is 0.296 e. The van der Waals surface area contributed by atoms with E-state index in [1.807, 2.05) is 33.7 Å². The van der Waals surface area contributed by atoms with Crippen LogP contribution in [0.1, 0.15) is 69.7 Å². The van der Waals surface area contributed by atoms with Crippen molar-refractivity contribution in [2.45, 2.75) is 76.8 Å². The predicted molar refractivity (Wildman–Crippen MR) is 133 cm³/mol. The lowest BCUT2D eigenvalue weighted by Gasteiger charge is -2.32. The number of hydrogen-bond donors (Lipinski definition) is 1. The molecular formula is C26H33N7O. The van der Waals surface area contributed by atoms with E-state index in [1.54, 1.807) is 0 Å². The van der Waals surface area contributed by atoms with E-state index in [9.17, 15) is 4.79 Å². The number of aryl methyl sites for hydroxylation is 1. The second-order valence-corrected chi connectivity index (χ2v) is 9.69. The Labute approximate surface area is 199 Å².